The van der Waals surface area contributed by atoms with Crippen LogP contribution in [0.3, 0.4) is 0 Å². The van der Waals surface area contributed by atoms with Crippen molar-refractivity contribution in [3.63, 3.8) is 0 Å². The van der Waals surface area contributed by atoms with E-state index in [4.69, 9.17) is 9.84 Å². The molecule has 0 aliphatic carbocycles. The number of aromatic hydroxyl groups is 5. The molecule has 1 aromatic carbocycles. The second-order valence-electron chi connectivity index (χ2n) is 3.61. The van der Waals surface area contributed by atoms with Crippen LogP contribution in [-0.4, -0.2) is 38.1 Å². The molecule has 0 radical (unpaired) electrons. The fraction of sp³-hybridized carbons (Fsp3) is 0.364. The first-order valence-electron chi connectivity index (χ1n) is 5.27. The fourth-order valence-electron chi connectivity index (χ4n) is 1.26. The van der Waals surface area contributed by atoms with Crippen LogP contribution >= 0.6 is 0 Å². The number of carbonyl (C=O) groups is 1. The average Bonchev–Trinajstić information content (AvgIpc) is 2.34. The molecule has 0 fully saturated rings. The van der Waals surface area contributed by atoms with Gasteiger partial charge in [0.15, 0.2) is 17.1 Å². The maximum Gasteiger partial charge on any atom is 0.346 e. The summed E-state index contributed by atoms with van der Waals surface area (Å²) in [5, 5.41) is 46.4. The summed E-state index contributed by atoms with van der Waals surface area (Å²) in [5.74, 6) is -6.53. The van der Waals surface area contributed by atoms with Crippen LogP contribution in [0.15, 0.2) is 0 Å². The minimum absolute atomic E-state index is 0.0661. The van der Waals surface area contributed by atoms with Gasteiger partial charge in [-0.25, -0.2) is 4.79 Å². The van der Waals surface area contributed by atoms with Gasteiger partial charge in [0, 0.05) is 0 Å². The Balaban J connectivity index is 3.13. The van der Waals surface area contributed by atoms with Gasteiger partial charge in [-0.1, -0.05) is 13.3 Å². The molecule has 0 heterocycles. The quantitative estimate of drug-likeness (QED) is 0.237. The number of ether oxygens (including phenoxy) is 1. The van der Waals surface area contributed by atoms with Crippen molar-refractivity contribution in [2.75, 3.05) is 6.61 Å². The maximum absolute atomic E-state index is 11.5. The van der Waals surface area contributed by atoms with E-state index in [1.807, 2.05) is 6.92 Å². The normalized spacial score (nSPS) is 10.3. The maximum atomic E-state index is 11.5. The van der Waals surface area contributed by atoms with E-state index in [1.54, 1.807) is 0 Å². The summed E-state index contributed by atoms with van der Waals surface area (Å²) >= 11 is 0. The van der Waals surface area contributed by atoms with Crippen LogP contribution in [0.1, 0.15) is 30.1 Å². The van der Waals surface area contributed by atoms with Crippen molar-refractivity contribution in [1.29, 1.82) is 0 Å². The van der Waals surface area contributed by atoms with Gasteiger partial charge in [0.2, 0.25) is 17.2 Å². The third-order valence-electron chi connectivity index (χ3n) is 2.31. The first-order valence-corrected chi connectivity index (χ1v) is 5.27. The standard InChI is InChI=1S/C11H14O7/c1-2-3-4-18-11(17)5-6(12)8(14)10(16)9(15)7(5)13/h12-16H,2-4H2,1H3. The second-order valence-corrected chi connectivity index (χ2v) is 3.61. The second kappa shape index (κ2) is 5.35. The predicted molar refractivity (Wildman–Crippen MR) is 60.0 cm³/mol. The molecule has 1 rings (SSSR count). The number of phenolic OH excluding ortho intramolecular Hbond substituents is 5. The summed E-state index contributed by atoms with van der Waals surface area (Å²) in [6.45, 7) is 1.94. The summed E-state index contributed by atoms with van der Waals surface area (Å²) in [6, 6.07) is 0. The van der Waals surface area contributed by atoms with Gasteiger partial charge in [-0.15, -0.1) is 0 Å². The lowest BCUT2D eigenvalue weighted by molar-refractivity contribution is 0.0491. The van der Waals surface area contributed by atoms with E-state index in [0.717, 1.165) is 6.42 Å². The van der Waals surface area contributed by atoms with Crippen LogP contribution in [-0.2, 0) is 4.74 Å². The number of hydrogen-bond donors (Lipinski definition) is 5. The fourth-order valence-corrected chi connectivity index (χ4v) is 1.26. The molecule has 5 N–H and O–H groups in total. The van der Waals surface area contributed by atoms with Gasteiger partial charge in [-0.3, -0.25) is 0 Å². The Kier molecular flexibility index (Phi) is 4.09. The third kappa shape index (κ3) is 2.34. The smallest absolute Gasteiger partial charge is 0.346 e. The van der Waals surface area contributed by atoms with Gasteiger partial charge >= 0.3 is 5.97 Å². The van der Waals surface area contributed by atoms with Crippen molar-refractivity contribution in [2.45, 2.75) is 19.8 Å². The highest BCUT2D eigenvalue weighted by molar-refractivity contribution is 5.98. The molecule has 0 saturated heterocycles. The summed E-state index contributed by atoms with van der Waals surface area (Å²) in [7, 11) is 0. The van der Waals surface area contributed by atoms with E-state index >= 15 is 0 Å². The molecule has 0 spiro atoms. The lowest BCUT2D eigenvalue weighted by Crippen LogP contribution is -2.07. The highest BCUT2D eigenvalue weighted by Gasteiger charge is 2.28. The van der Waals surface area contributed by atoms with Crippen LogP contribution < -0.4 is 0 Å². The molecular formula is C11H14O7. The zero-order valence-electron chi connectivity index (χ0n) is 9.67. The van der Waals surface area contributed by atoms with E-state index in [2.05, 4.69) is 0 Å². The Labute approximate surface area is 103 Å². The number of phenols is 5. The van der Waals surface area contributed by atoms with Crippen LogP contribution in [0.4, 0.5) is 0 Å². The van der Waals surface area contributed by atoms with Crippen molar-refractivity contribution >= 4 is 5.97 Å². The molecule has 7 nitrogen and oxygen atoms in total. The summed E-state index contributed by atoms with van der Waals surface area (Å²) in [4.78, 5) is 11.5. The molecule has 0 saturated carbocycles. The van der Waals surface area contributed by atoms with E-state index in [1.165, 1.54) is 0 Å². The van der Waals surface area contributed by atoms with Crippen molar-refractivity contribution in [3.8, 4) is 28.7 Å². The lowest BCUT2D eigenvalue weighted by Gasteiger charge is -2.11. The predicted octanol–water partition coefficient (Wildman–Crippen LogP) is 1.17. The molecule has 7 heteroatoms. The van der Waals surface area contributed by atoms with Crippen LogP contribution in [0.2, 0.25) is 0 Å². The summed E-state index contributed by atoms with van der Waals surface area (Å²) in [6.07, 6.45) is 1.36. The molecule has 0 bridgehead atoms. The van der Waals surface area contributed by atoms with Crippen molar-refractivity contribution < 1.29 is 35.1 Å². The Morgan fingerprint density at radius 2 is 1.39 bits per heavy atom. The Morgan fingerprint density at radius 1 is 0.944 bits per heavy atom. The van der Waals surface area contributed by atoms with Gasteiger partial charge in [0.1, 0.15) is 0 Å². The topological polar surface area (TPSA) is 127 Å². The van der Waals surface area contributed by atoms with E-state index in [0.29, 0.717) is 6.42 Å². The molecule has 0 unspecified atom stereocenters. The lowest BCUT2D eigenvalue weighted by atomic mass is 10.1. The average molecular weight is 258 g/mol. The van der Waals surface area contributed by atoms with Gasteiger partial charge in [0.05, 0.1) is 6.61 Å². The number of hydrogen-bond acceptors (Lipinski definition) is 7. The molecule has 1 aromatic rings. The van der Waals surface area contributed by atoms with E-state index < -0.39 is 40.3 Å². The largest absolute Gasteiger partial charge is 0.503 e. The molecule has 18 heavy (non-hydrogen) atoms. The zero-order valence-corrected chi connectivity index (χ0v) is 9.67. The summed E-state index contributed by atoms with van der Waals surface area (Å²) < 4.78 is 4.72. The molecule has 0 aliphatic heterocycles. The van der Waals surface area contributed by atoms with Gasteiger partial charge in [0.25, 0.3) is 0 Å². The Morgan fingerprint density at radius 3 is 1.83 bits per heavy atom. The molecule has 0 aliphatic rings. The number of carbonyl (C=O) groups excluding carboxylic acids is 1. The summed E-state index contributed by atoms with van der Waals surface area (Å²) in [5.41, 5.74) is -0.793. The van der Waals surface area contributed by atoms with Crippen molar-refractivity contribution in [2.24, 2.45) is 0 Å². The number of benzene rings is 1. The minimum Gasteiger partial charge on any atom is -0.503 e. The van der Waals surface area contributed by atoms with Crippen molar-refractivity contribution in [1.82, 2.24) is 0 Å². The number of esters is 1. The Bertz CT molecular complexity index is 438. The highest BCUT2D eigenvalue weighted by Crippen LogP contribution is 2.50. The zero-order chi connectivity index (χ0) is 13.9. The Hall–Kier alpha value is -2.31. The van der Waals surface area contributed by atoms with Gasteiger partial charge < -0.3 is 30.3 Å². The van der Waals surface area contributed by atoms with Crippen LogP contribution in [0.25, 0.3) is 0 Å². The van der Waals surface area contributed by atoms with E-state index in [-0.39, 0.29) is 6.61 Å². The van der Waals surface area contributed by atoms with Crippen molar-refractivity contribution in [3.05, 3.63) is 5.56 Å². The SMILES string of the molecule is CCCCOC(=O)c1c(O)c(O)c(O)c(O)c1O. The highest BCUT2D eigenvalue weighted by atomic mass is 16.5. The number of rotatable bonds is 4. The van der Waals surface area contributed by atoms with Crippen LogP contribution in [0, 0.1) is 0 Å². The third-order valence-corrected chi connectivity index (χ3v) is 2.31. The minimum atomic E-state index is -1.12. The van der Waals surface area contributed by atoms with Gasteiger partial charge in [-0.05, 0) is 6.42 Å². The first-order chi connectivity index (χ1) is 8.41. The first kappa shape index (κ1) is 13.8. The molecule has 0 aromatic heterocycles. The molecule has 0 atom stereocenters. The van der Waals surface area contributed by atoms with E-state index in [9.17, 15) is 25.2 Å². The molecular weight excluding hydrogens is 244 g/mol. The van der Waals surface area contributed by atoms with Gasteiger partial charge in [-0.2, -0.15) is 0 Å². The monoisotopic (exact) mass is 258 g/mol. The van der Waals surface area contributed by atoms with Crippen LogP contribution in [0.5, 0.6) is 28.7 Å². The molecule has 0 amide bonds. The molecule has 100 valence electrons. The number of unbranched alkanes of at least 4 members (excludes halogenated alkanes) is 1.